The van der Waals surface area contributed by atoms with E-state index >= 15 is 0 Å². The molecule has 0 N–H and O–H groups in total. The van der Waals surface area contributed by atoms with E-state index in [1.807, 2.05) is 6.08 Å². The molecule has 0 unspecified atom stereocenters. The number of carbonyl (C=O) groups is 2. The highest BCUT2D eigenvalue weighted by Crippen LogP contribution is 2.28. The number of rotatable bonds is 0. The molecule has 0 bridgehead atoms. The van der Waals surface area contributed by atoms with Crippen LogP contribution in [0, 0.1) is 0 Å². The molecule has 0 spiro atoms. The SMILES string of the molecule is O=C1CC2=C(C=CCC2)C1=O. The Labute approximate surface area is 64.6 Å². The number of ketones is 2. The molecule has 0 aliphatic heterocycles. The second kappa shape index (κ2) is 2.16. The average molecular weight is 148 g/mol. The van der Waals surface area contributed by atoms with Gasteiger partial charge in [-0.1, -0.05) is 17.7 Å². The number of carbonyl (C=O) groups excluding carboxylic acids is 2. The van der Waals surface area contributed by atoms with Crippen molar-refractivity contribution in [1.82, 2.24) is 0 Å². The topological polar surface area (TPSA) is 34.1 Å². The monoisotopic (exact) mass is 148 g/mol. The molecule has 0 saturated heterocycles. The molecule has 0 saturated carbocycles. The molecule has 0 atom stereocenters. The Balaban J connectivity index is 2.43. The van der Waals surface area contributed by atoms with E-state index in [0.29, 0.717) is 12.0 Å². The van der Waals surface area contributed by atoms with Crippen molar-refractivity contribution < 1.29 is 9.59 Å². The standard InChI is InChI=1S/C9H8O2/c10-8-5-6-3-1-2-4-7(6)9(8)11/h2,4H,1,3,5H2. The summed E-state index contributed by atoms with van der Waals surface area (Å²) in [6.45, 7) is 0. The molecular weight excluding hydrogens is 140 g/mol. The van der Waals surface area contributed by atoms with E-state index in [1.54, 1.807) is 6.08 Å². The van der Waals surface area contributed by atoms with Crippen molar-refractivity contribution in [2.75, 3.05) is 0 Å². The summed E-state index contributed by atoms with van der Waals surface area (Å²) in [5.74, 6) is -0.516. The van der Waals surface area contributed by atoms with Crippen LogP contribution in [0.25, 0.3) is 0 Å². The van der Waals surface area contributed by atoms with E-state index in [4.69, 9.17) is 0 Å². The molecule has 11 heavy (non-hydrogen) atoms. The van der Waals surface area contributed by atoms with Gasteiger partial charge in [-0.15, -0.1) is 0 Å². The lowest BCUT2D eigenvalue weighted by atomic mass is 10.0. The van der Waals surface area contributed by atoms with Crippen molar-refractivity contribution in [3.05, 3.63) is 23.3 Å². The van der Waals surface area contributed by atoms with Crippen molar-refractivity contribution in [3.63, 3.8) is 0 Å². The van der Waals surface area contributed by atoms with Crippen LogP contribution in [0.4, 0.5) is 0 Å². The van der Waals surface area contributed by atoms with Gasteiger partial charge in [0.25, 0.3) is 0 Å². The van der Waals surface area contributed by atoms with Crippen molar-refractivity contribution >= 4 is 11.6 Å². The first-order chi connectivity index (χ1) is 5.29. The summed E-state index contributed by atoms with van der Waals surface area (Å²) in [4.78, 5) is 22.0. The summed E-state index contributed by atoms with van der Waals surface area (Å²) in [6.07, 6.45) is 5.97. The van der Waals surface area contributed by atoms with Crippen LogP contribution in [-0.2, 0) is 9.59 Å². The first-order valence-electron chi connectivity index (χ1n) is 3.75. The molecule has 0 aromatic carbocycles. The number of Topliss-reactive ketones (excluding diaryl/α,β-unsaturated/α-hetero) is 2. The van der Waals surface area contributed by atoms with Crippen molar-refractivity contribution in [1.29, 1.82) is 0 Å². The van der Waals surface area contributed by atoms with Gasteiger partial charge >= 0.3 is 0 Å². The van der Waals surface area contributed by atoms with Gasteiger partial charge in [0, 0.05) is 12.0 Å². The maximum Gasteiger partial charge on any atom is 0.228 e. The molecule has 2 aliphatic rings. The molecule has 0 aromatic heterocycles. The third-order valence-electron chi connectivity index (χ3n) is 2.15. The molecule has 0 fully saturated rings. The van der Waals surface area contributed by atoms with Crippen molar-refractivity contribution in [2.45, 2.75) is 19.3 Å². The zero-order chi connectivity index (χ0) is 7.84. The molecular formula is C9H8O2. The fourth-order valence-corrected chi connectivity index (χ4v) is 1.56. The van der Waals surface area contributed by atoms with Gasteiger partial charge in [-0.25, -0.2) is 0 Å². The van der Waals surface area contributed by atoms with Crippen LogP contribution in [0.5, 0.6) is 0 Å². The second-order valence-corrected chi connectivity index (χ2v) is 2.89. The van der Waals surface area contributed by atoms with Gasteiger partial charge < -0.3 is 0 Å². The van der Waals surface area contributed by atoms with E-state index in [1.165, 1.54) is 0 Å². The molecule has 0 aromatic rings. The van der Waals surface area contributed by atoms with Gasteiger partial charge in [0.2, 0.25) is 11.6 Å². The van der Waals surface area contributed by atoms with Gasteiger partial charge in [-0.05, 0) is 12.8 Å². The van der Waals surface area contributed by atoms with Crippen LogP contribution in [-0.4, -0.2) is 11.6 Å². The van der Waals surface area contributed by atoms with Gasteiger partial charge in [0.1, 0.15) is 0 Å². The summed E-state index contributed by atoms with van der Waals surface area (Å²) >= 11 is 0. The maximum atomic E-state index is 11.1. The summed E-state index contributed by atoms with van der Waals surface area (Å²) in [7, 11) is 0. The maximum absolute atomic E-state index is 11.1. The minimum atomic E-state index is -0.282. The molecule has 2 aliphatic carbocycles. The Kier molecular flexibility index (Phi) is 1.28. The lowest BCUT2D eigenvalue weighted by molar-refractivity contribution is -0.132. The van der Waals surface area contributed by atoms with Gasteiger partial charge in [0.05, 0.1) is 0 Å². The Morgan fingerprint density at radius 1 is 1.27 bits per heavy atom. The van der Waals surface area contributed by atoms with Crippen LogP contribution in [0.3, 0.4) is 0 Å². The van der Waals surface area contributed by atoms with Crippen LogP contribution in [0.15, 0.2) is 23.3 Å². The summed E-state index contributed by atoms with van der Waals surface area (Å²) in [6, 6.07) is 0. The molecule has 0 heterocycles. The molecule has 2 rings (SSSR count). The minimum Gasteiger partial charge on any atom is -0.290 e. The zero-order valence-corrected chi connectivity index (χ0v) is 6.09. The average Bonchev–Trinajstić information content (AvgIpc) is 2.30. The normalized spacial score (nSPS) is 22.9. The van der Waals surface area contributed by atoms with Crippen molar-refractivity contribution in [3.8, 4) is 0 Å². The number of hydrogen-bond donors (Lipinski definition) is 0. The number of allylic oxidation sites excluding steroid dienone is 4. The largest absolute Gasteiger partial charge is 0.290 e. The molecule has 0 amide bonds. The highest BCUT2D eigenvalue weighted by Gasteiger charge is 2.29. The fraction of sp³-hybridized carbons (Fsp3) is 0.333. The smallest absolute Gasteiger partial charge is 0.228 e. The number of hydrogen-bond acceptors (Lipinski definition) is 2. The lowest BCUT2D eigenvalue weighted by Crippen LogP contribution is -2.06. The van der Waals surface area contributed by atoms with Crippen LogP contribution in [0.2, 0.25) is 0 Å². The predicted octanol–water partition coefficient (Wildman–Crippen LogP) is 1.17. The Hall–Kier alpha value is -1.18. The summed E-state index contributed by atoms with van der Waals surface area (Å²) < 4.78 is 0. The highest BCUT2D eigenvalue weighted by atomic mass is 16.2. The van der Waals surface area contributed by atoms with Crippen LogP contribution >= 0.6 is 0 Å². The molecule has 0 radical (unpaired) electrons. The summed E-state index contributed by atoms with van der Waals surface area (Å²) in [5, 5.41) is 0. The molecule has 56 valence electrons. The quantitative estimate of drug-likeness (QED) is 0.483. The van der Waals surface area contributed by atoms with Gasteiger partial charge in [0.15, 0.2) is 0 Å². The van der Waals surface area contributed by atoms with E-state index in [-0.39, 0.29) is 11.6 Å². The highest BCUT2D eigenvalue weighted by molar-refractivity contribution is 6.47. The fourth-order valence-electron chi connectivity index (χ4n) is 1.56. The van der Waals surface area contributed by atoms with E-state index < -0.39 is 0 Å². The van der Waals surface area contributed by atoms with E-state index in [9.17, 15) is 9.59 Å². The van der Waals surface area contributed by atoms with Crippen LogP contribution in [0.1, 0.15) is 19.3 Å². The first kappa shape index (κ1) is 6.53. The lowest BCUT2D eigenvalue weighted by Gasteiger charge is -2.03. The van der Waals surface area contributed by atoms with Crippen molar-refractivity contribution in [2.24, 2.45) is 0 Å². The second-order valence-electron chi connectivity index (χ2n) is 2.89. The van der Waals surface area contributed by atoms with Gasteiger partial charge in [-0.3, -0.25) is 9.59 Å². The summed E-state index contributed by atoms with van der Waals surface area (Å²) in [5.41, 5.74) is 1.71. The van der Waals surface area contributed by atoms with E-state index in [2.05, 4.69) is 0 Å². The molecule has 2 heteroatoms. The van der Waals surface area contributed by atoms with Gasteiger partial charge in [-0.2, -0.15) is 0 Å². The molecule has 2 nitrogen and oxygen atoms in total. The zero-order valence-electron chi connectivity index (χ0n) is 6.09. The third-order valence-corrected chi connectivity index (χ3v) is 2.15. The third kappa shape index (κ3) is 0.862. The van der Waals surface area contributed by atoms with E-state index in [0.717, 1.165) is 18.4 Å². The Morgan fingerprint density at radius 2 is 2.09 bits per heavy atom. The minimum absolute atomic E-state index is 0.235. The Morgan fingerprint density at radius 3 is 2.82 bits per heavy atom. The Bertz CT molecular complexity index is 295. The predicted molar refractivity (Wildman–Crippen MR) is 40.0 cm³/mol. The first-order valence-corrected chi connectivity index (χ1v) is 3.75. The van der Waals surface area contributed by atoms with Crippen LogP contribution < -0.4 is 0 Å².